The van der Waals surface area contributed by atoms with Crippen LogP contribution in [-0.2, 0) is 0 Å². The minimum Gasteiger partial charge on any atom is -0.492 e. The Morgan fingerprint density at radius 3 is 2.74 bits per heavy atom. The van der Waals surface area contributed by atoms with Crippen molar-refractivity contribution in [1.82, 2.24) is 4.90 Å². The lowest BCUT2D eigenvalue weighted by Crippen LogP contribution is -2.32. The van der Waals surface area contributed by atoms with Crippen LogP contribution in [0.15, 0.2) is 18.2 Å². The molecular weight excluding hydrogens is 240 g/mol. The predicted octanol–water partition coefficient (Wildman–Crippen LogP) is 2.15. The Morgan fingerprint density at radius 2 is 2.21 bits per heavy atom. The van der Waals surface area contributed by atoms with Crippen LogP contribution < -0.4 is 10.5 Å². The van der Waals surface area contributed by atoms with E-state index in [9.17, 15) is 4.79 Å². The number of nitrogens with two attached hydrogens (primary N) is 1. The van der Waals surface area contributed by atoms with Crippen LogP contribution >= 0.6 is 0 Å². The van der Waals surface area contributed by atoms with Gasteiger partial charge < -0.3 is 15.4 Å². The van der Waals surface area contributed by atoms with E-state index < -0.39 is 0 Å². The molecule has 4 heteroatoms. The summed E-state index contributed by atoms with van der Waals surface area (Å²) in [7, 11) is 0. The third kappa shape index (κ3) is 3.92. The third-order valence-electron chi connectivity index (χ3n) is 2.62. The number of hydrogen-bond donors (Lipinski definition) is 1. The van der Waals surface area contributed by atoms with Crippen molar-refractivity contribution in [2.75, 3.05) is 25.4 Å². The van der Waals surface area contributed by atoms with Crippen molar-refractivity contribution < 1.29 is 9.53 Å². The van der Waals surface area contributed by atoms with E-state index >= 15 is 0 Å². The summed E-state index contributed by atoms with van der Waals surface area (Å²) in [5.74, 6) is 2.99. The van der Waals surface area contributed by atoms with Crippen molar-refractivity contribution in [3.8, 4) is 18.1 Å². The molecule has 0 radical (unpaired) electrons. The number of anilines is 1. The molecule has 0 atom stereocenters. The second kappa shape index (κ2) is 7.32. The van der Waals surface area contributed by atoms with Crippen molar-refractivity contribution >= 4 is 11.6 Å². The summed E-state index contributed by atoms with van der Waals surface area (Å²) < 4.78 is 5.34. The molecule has 0 spiro atoms. The summed E-state index contributed by atoms with van der Waals surface area (Å²) in [6.07, 6.45) is 6.14. The van der Waals surface area contributed by atoms with Crippen molar-refractivity contribution in [3.63, 3.8) is 0 Å². The Labute approximate surface area is 114 Å². The molecule has 0 aromatic heterocycles. The fourth-order valence-electron chi connectivity index (χ4n) is 1.78. The van der Waals surface area contributed by atoms with Crippen molar-refractivity contribution in [1.29, 1.82) is 0 Å². The maximum Gasteiger partial charge on any atom is 0.254 e. The molecule has 0 saturated carbocycles. The summed E-state index contributed by atoms with van der Waals surface area (Å²) in [4.78, 5) is 13.9. The first-order valence-electron chi connectivity index (χ1n) is 6.39. The van der Waals surface area contributed by atoms with E-state index in [1.165, 1.54) is 0 Å². The second-order valence-electron chi connectivity index (χ2n) is 4.12. The summed E-state index contributed by atoms with van der Waals surface area (Å²) in [5.41, 5.74) is 6.85. The summed E-state index contributed by atoms with van der Waals surface area (Å²) >= 11 is 0. The third-order valence-corrected chi connectivity index (χ3v) is 2.62. The van der Waals surface area contributed by atoms with Gasteiger partial charge in [-0.1, -0.05) is 12.8 Å². The van der Waals surface area contributed by atoms with Gasteiger partial charge in [0.05, 0.1) is 18.8 Å². The van der Waals surface area contributed by atoms with Gasteiger partial charge in [-0.2, -0.15) is 0 Å². The average molecular weight is 260 g/mol. The first-order chi connectivity index (χ1) is 9.13. The number of terminal acetylenes is 1. The molecule has 0 bridgehead atoms. The quantitative estimate of drug-likeness (QED) is 0.630. The lowest BCUT2D eigenvalue weighted by atomic mass is 10.1. The molecular formula is C15H20N2O2. The molecule has 0 fully saturated rings. The van der Waals surface area contributed by atoms with Gasteiger partial charge in [-0.25, -0.2) is 0 Å². The molecule has 0 aliphatic carbocycles. The zero-order valence-corrected chi connectivity index (χ0v) is 11.5. The molecule has 0 aliphatic heterocycles. The Balaban J connectivity index is 2.92. The molecule has 0 unspecified atom stereocenters. The maximum atomic E-state index is 12.3. The number of nitrogens with zero attached hydrogens (tertiary/aromatic N) is 1. The van der Waals surface area contributed by atoms with Gasteiger partial charge in [0.1, 0.15) is 5.75 Å². The number of carbonyl (C=O) groups excluding carboxylic acids is 1. The monoisotopic (exact) mass is 260 g/mol. The largest absolute Gasteiger partial charge is 0.492 e. The van der Waals surface area contributed by atoms with Crippen molar-refractivity contribution in [3.05, 3.63) is 23.8 Å². The molecule has 1 aromatic rings. The molecule has 102 valence electrons. The maximum absolute atomic E-state index is 12.3. The van der Waals surface area contributed by atoms with Crippen LogP contribution in [0, 0.1) is 12.3 Å². The van der Waals surface area contributed by atoms with Gasteiger partial charge in [-0.15, -0.1) is 6.42 Å². The van der Waals surface area contributed by atoms with Crippen molar-refractivity contribution in [2.45, 2.75) is 20.3 Å². The Kier molecular flexibility index (Phi) is 5.74. The van der Waals surface area contributed by atoms with E-state index in [4.69, 9.17) is 16.9 Å². The molecule has 1 aromatic carbocycles. The molecule has 19 heavy (non-hydrogen) atoms. The summed E-state index contributed by atoms with van der Waals surface area (Å²) in [6, 6.07) is 5.06. The highest BCUT2D eigenvalue weighted by Crippen LogP contribution is 2.23. The molecule has 0 aliphatic rings. The smallest absolute Gasteiger partial charge is 0.254 e. The number of ether oxygens (including phenoxy) is 1. The zero-order chi connectivity index (χ0) is 14.3. The lowest BCUT2D eigenvalue weighted by molar-refractivity contribution is 0.0777. The molecule has 1 amide bonds. The van der Waals surface area contributed by atoms with E-state index in [0.717, 1.165) is 6.42 Å². The Morgan fingerprint density at radius 1 is 1.47 bits per heavy atom. The van der Waals surface area contributed by atoms with E-state index in [-0.39, 0.29) is 5.91 Å². The van der Waals surface area contributed by atoms with Gasteiger partial charge in [-0.05, 0) is 31.5 Å². The van der Waals surface area contributed by atoms with Gasteiger partial charge in [0.2, 0.25) is 0 Å². The lowest BCUT2D eigenvalue weighted by Gasteiger charge is -2.20. The highest BCUT2D eigenvalue weighted by atomic mass is 16.5. The molecule has 1 rings (SSSR count). The SMILES string of the molecule is C#CCN(CCC)C(=O)c1ccc(OCC)c(N)c1. The predicted molar refractivity (Wildman–Crippen MR) is 77.1 cm³/mol. The van der Waals surface area contributed by atoms with Gasteiger partial charge in [0, 0.05) is 12.1 Å². The molecule has 2 N–H and O–H groups in total. The van der Waals surface area contributed by atoms with Crippen LogP contribution in [0.4, 0.5) is 5.69 Å². The summed E-state index contributed by atoms with van der Waals surface area (Å²) in [6.45, 7) is 5.37. The van der Waals surface area contributed by atoms with Gasteiger partial charge in [0.25, 0.3) is 5.91 Å². The average Bonchev–Trinajstić information content (AvgIpc) is 2.40. The highest BCUT2D eigenvalue weighted by Gasteiger charge is 2.15. The first kappa shape index (κ1) is 14.9. The highest BCUT2D eigenvalue weighted by molar-refractivity contribution is 5.95. The number of rotatable bonds is 6. The zero-order valence-electron chi connectivity index (χ0n) is 11.5. The van der Waals surface area contributed by atoms with Crippen LogP contribution in [0.2, 0.25) is 0 Å². The minimum atomic E-state index is -0.102. The van der Waals surface area contributed by atoms with Crippen LogP contribution in [0.5, 0.6) is 5.75 Å². The Bertz CT molecular complexity index is 478. The van der Waals surface area contributed by atoms with E-state index in [1.54, 1.807) is 23.1 Å². The topological polar surface area (TPSA) is 55.6 Å². The van der Waals surface area contributed by atoms with Crippen LogP contribution in [0.25, 0.3) is 0 Å². The van der Waals surface area contributed by atoms with E-state index in [1.807, 2.05) is 13.8 Å². The number of carbonyl (C=O) groups is 1. The normalized spacial score (nSPS) is 9.74. The van der Waals surface area contributed by atoms with Gasteiger partial charge in [-0.3, -0.25) is 4.79 Å². The van der Waals surface area contributed by atoms with E-state index in [0.29, 0.717) is 36.7 Å². The number of benzene rings is 1. The summed E-state index contributed by atoms with van der Waals surface area (Å²) in [5, 5.41) is 0. The van der Waals surface area contributed by atoms with Crippen LogP contribution in [-0.4, -0.2) is 30.5 Å². The van der Waals surface area contributed by atoms with Crippen LogP contribution in [0.1, 0.15) is 30.6 Å². The minimum absolute atomic E-state index is 0.102. The second-order valence-corrected chi connectivity index (χ2v) is 4.12. The van der Waals surface area contributed by atoms with E-state index in [2.05, 4.69) is 5.92 Å². The number of nitrogen functional groups attached to an aromatic ring is 1. The van der Waals surface area contributed by atoms with Gasteiger partial charge >= 0.3 is 0 Å². The number of hydrogen-bond acceptors (Lipinski definition) is 3. The fourth-order valence-corrected chi connectivity index (χ4v) is 1.78. The standard InChI is InChI=1S/C15H20N2O2/c1-4-9-17(10-5-2)15(18)12-7-8-14(19-6-3)13(16)11-12/h1,7-8,11H,5-6,9-10,16H2,2-3H3. The van der Waals surface area contributed by atoms with Gasteiger partial charge in [0.15, 0.2) is 0 Å². The molecule has 0 heterocycles. The van der Waals surface area contributed by atoms with Crippen molar-refractivity contribution in [2.24, 2.45) is 0 Å². The molecule has 4 nitrogen and oxygen atoms in total. The van der Waals surface area contributed by atoms with Crippen LogP contribution in [0.3, 0.4) is 0 Å². The molecule has 0 saturated heterocycles. The fraction of sp³-hybridized carbons (Fsp3) is 0.400. The number of amides is 1. The first-order valence-corrected chi connectivity index (χ1v) is 6.39. The Hall–Kier alpha value is -2.15.